The van der Waals surface area contributed by atoms with E-state index >= 15 is 0 Å². The number of benzene rings is 2. The summed E-state index contributed by atoms with van der Waals surface area (Å²) < 4.78 is 25.1. The summed E-state index contributed by atoms with van der Waals surface area (Å²) in [6.07, 6.45) is 6.88. The molecule has 0 spiro atoms. The van der Waals surface area contributed by atoms with Gasteiger partial charge in [-0.1, -0.05) is 12.1 Å². The summed E-state index contributed by atoms with van der Waals surface area (Å²) in [4.78, 5) is 44.2. The molecule has 6 rings (SSSR count). The van der Waals surface area contributed by atoms with Crippen molar-refractivity contribution in [1.29, 1.82) is 0 Å². The molecule has 2 bridgehead atoms. The van der Waals surface area contributed by atoms with Crippen LogP contribution < -0.4 is 29.6 Å². The summed E-state index contributed by atoms with van der Waals surface area (Å²) in [6, 6.07) is 11.0. The number of ether oxygens (including phenoxy) is 4. The molecule has 0 atom stereocenters. The Hall–Kier alpha value is -5.73. The Morgan fingerprint density at radius 1 is 0.673 bits per heavy atom. The fourth-order valence-corrected chi connectivity index (χ4v) is 7.33. The Bertz CT molecular complexity index is 1790. The van der Waals surface area contributed by atoms with Gasteiger partial charge in [0.05, 0.1) is 77.1 Å². The highest BCUT2D eigenvalue weighted by Crippen LogP contribution is 2.42. The van der Waals surface area contributed by atoms with Gasteiger partial charge in [-0.05, 0) is 49.2 Å². The molecule has 4 aromatic rings. The van der Waals surface area contributed by atoms with Crippen molar-refractivity contribution in [1.82, 2.24) is 40.0 Å². The number of aromatic nitrogens is 4. The third kappa shape index (κ3) is 7.62. The third-order valence-electron chi connectivity index (χ3n) is 9.76. The predicted molar refractivity (Wildman–Crippen MR) is 191 cm³/mol. The molecule has 52 heavy (non-hydrogen) atoms. The number of nitrogens with one attached hydrogen (secondary N) is 2. The van der Waals surface area contributed by atoms with Crippen molar-refractivity contribution in [2.75, 3.05) is 54.6 Å². The highest BCUT2D eigenvalue weighted by atomic mass is 16.5. The molecule has 0 aliphatic carbocycles. The number of amides is 4. The molecular formula is C37H46N8O7. The third-order valence-corrected chi connectivity index (χ3v) is 9.76. The Morgan fingerprint density at radius 2 is 1.08 bits per heavy atom. The number of rotatable bonds is 12. The van der Waals surface area contributed by atoms with Gasteiger partial charge in [-0.25, -0.2) is 9.59 Å². The maximum atomic E-state index is 13.7. The lowest BCUT2D eigenvalue weighted by Gasteiger charge is -2.54. The summed E-state index contributed by atoms with van der Waals surface area (Å²) in [5.74, 6) is 2.80. The molecule has 0 unspecified atom stereocenters. The van der Waals surface area contributed by atoms with E-state index in [1.165, 1.54) is 0 Å². The van der Waals surface area contributed by atoms with Crippen molar-refractivity contribution < 1.29 is 33.3 Å². The highest BCUT2D eigenvalue weighted by Gasteiger charge is 2.57. The lowest BCUT2D eigenvalue weighted by atomic mass is 9.64. The number of hydrogen-bond acceptors (Lipinski definition) is 9. The van der Waals surface area contributed by atoms with Gasteiger partial charge in [0.2, 0.25) is 0 Å². The van der Waals surface area contributed by atoms with Gasteiger partial charge in [0.25, 0.3) is 0 Å². The zero-order chi connectivity index (χ0) is 37.0. The SMILES string of the molecule is COc1cnn(Cc2cc(CNC(=O)N3CC4(C)CN(C(=O)NCc5ccc(OC)c(Cn6cc(OC)cn6)c5)CC(C)(C3)C4=O)ccc2OC)c1. The number of urea groups is 2. The van der Waals surface area contributed by atoms with Crippen molar-refractivity contribution in [2.45, 2.75) is 40.0 Å². The molecule has 0 saturated carbocycles. The van der Waals surface area contributed by atoms with E-state index < -0.39 is 10.8 Å². The van der Waals surface area contributed by atoms with Crippen LogP contribution in [0.15, 0.2) is 61.2 Å². The maximum absolute atomic E-state index is 13.7. The van der Waals surface area contributed by atoms with E-state index in [-0.39, 0.29) is 57.1 Å². The van der Waals surface area contributed by atoms with Crippen LogP contribution in [0.5, 0.6) is 23.0 Å². The molecule has 15 nitrogen and oxygen atoms in total. The number of methoxy groups -OCH3 is 4. The number of likely N-dealkylation sites (tertiary alicyclic amines) is 2. The minimum absolute atomic E-state index is 0.0678. The Labute approximate surface area is 302 Å². The first-order valence-electron chi connectivity index (χ1n) is 17.0. The van der Waals surface area contributed by atoms with Crippen LogP contribution in [0.2, 0.25) is 0 Å². The number of hydrogen-bond donors (Lipinski definition) is 2. The molecule has 2 saturated heterocycles. The van der Waals surface area contributed by atoms with Gasteiger partial charge in [-0.3, -0.25) is 14.2 Å². The van der Waals surface area contributed by atoms with Crippen LogP contribution in [-0.2, 0) is 31.0 Å². The minimum Gasteiger partial charge on any atom is -0.496 e. The normalized spacial score (nSPS) is 19.6. The second-order valence-electron chi connectivity index (χ2n) is 13.9. The van der Waals surface area contributed by atoms with E-state index in [4.69, 9.17) is 18.9 Å². The monoisotopic (exact) mass is 714 g/mol. The molecular weight excluding hydrogens is 668 g/mol. The quantitative estimate of drug-likeness (QED) is 0.224. The first kappa shape index (κ1) is 36.1. The lowest BCUT2D eigenvalue weighted by Crippen LogP contribution is -2.70. The molecule has 2 N–H and O–H groups in total. The van der Waals surface area contributed by atoms with Crippen molar-refractivity contribution in [2.24, 2.45) is 10.8 Å². The molecule has 0 radical (unpaired) electrons. The van der Waals surface area contributed by atoms with Crippen molar-refractivity contribution in [3.63, 3.8) is 0 Å². The maximum Gasteiger partial charge on any atom is 0.317 e. The standard InChI is InChI=1S/C37H46N8O7/c1-36-21-42(34(47)38-13-25-7-9-31(51-5)27(11-25)17-44-19-29(49-3)15-40-44)23-37(2,33(36)46)24-43(22-36)35(48)39-14-26-8-10-32(52-6)28(12-26)18-45-20-30(50-4)16-41-45/h7-12,15-16,19-20H,13-14,17-18,21-24H2,1-6H3,(H,38,47)(H,39,48). The largest absolute Gasteiger partial charge is 0.496 e. The second-order valence-corrected chi connectivity index (χ2v) is 13.9. The molecule has 2 aromatic heterocycles. The van der Waals surface area contributed by atoms with E-state index in [1.54, 1.807) is 72.4 Å². The van der Waals surface area contributed by atoms with Crippen LogP contribution in [0.25, 0.3) is 0 Å². The van der Waals surface area contributed by atoms with Gasteiger partial charge >= 0.3 is 12.1 Å². The zero-order valence-corrected chi connectivity index (χ0v) is 30.5. The van der Waals surface area contributed by atoms with Gasteiger partial charge in [-0.15, -0.1) is 0 Å². The van der Waals surface area contributed by atoms with Gasteiger partial charge in [0.15, 0.2) is 17.3 Å². The Balaban J connectivity index is 1.06. The van der Waals surface area contributed by atoms with Gasteiger partial charge < -0.3 is 39.4 Å². The summed E-state index contributed by atoms with van der Waals surface area (Å²) >= 11 is 0. The lowest BCUT2D eigenvalue weighted by molar-refractivity contribution is -0.152. The Morgan fingerprint density at radius 3 is 1.42 bits per heavy atom. The molecule has 2 aliphatic rings. The number of Topliss-reactive ketones (excluding diaryl/α,β-unsaturated/α-hetero) is 1. The van der Waals surface area contributed by atoms with E-state index in [0.717, 1.165) is 22.3 Å². The highest BCUT2D eigenvalue weighted by molar-refractivity contribution is 5.95. The van der Waals surface area contributed by atoms with E-state index in [9.17, 15) is 14.4 Å². The van der Waals surface area contributed by atoms with E-state index in [0.29, 0.717) is 36.1 Å². The molecule has 4 amide bonds. The van der Waals surface area contributed by atoms with Crippen molar-refractivity contribution in [3.05, 3.63) is 83.4 Å². The van der Waals surface area contributed by atoms with Gasteiger partial charge in [0, 0.05) is 50.4 Å². The molecule has 2 aromatic carbocycles. The fraction of sp³-hybridized carbons (Fsp3) is 0.432. The number of carbonyl (C=O) groups is 3. The fourth-order valence-electron chi connectivity index (χ4n) is 7.33. The van der Waals surface area contributed by atoms with Crippen LogP contribution in [0.4, 0.5) is 9.59 Å². The summed E-state index contributed by atoms with van der Waals surface area (Å²) in [5, 5.41) is 14.7. The summed E-state index contributed by atoms with van der Waals surface area (Å²) in [6.45, 7) is 5.98. The van der Waals surface area contributed by atoms with Crippen LogP contribution in [-0.4, -0.2) is 102 Å². The van der Waals surface area contributed by atoms with E-state index in [2.05, 4.69) is 20.8 Å². The summed E-state index contributed by atoms with van der Waals surface area (Å²) in [5.41, 5.74) is 1.75. The number of fused-ring (bicyclic) bond motifs is 2. The minimum atomic E-state index is -0.920. The number of nitrogens with zero attached hydrogens (tertiary/aromatic N) is 6. The van der Waals surface area contributed by atoms with Crippen LogP contribution in [0, 0.1) is 10.8 Å². The molecule has 2 fully saturated rings. The average molecular weight is 715 g/mol. The second kappa shape index (κ2) is 14.9. The van der Waals surface area contributed by atoms with Crippen molar-refractivity contribution in [3.8, 4) is 23.0 Å². The van der Waals surface area contributed by atoms with Gasteiger partial charge in [0.1, 0.15) is 11.5 Å². The van der Waals surface area contributed by atoms with Gasteiger partial charge in [-0.2, -0.15) is 10.2 Å². The molecule has 2 aliphatic heterocycles. The topological polar surface area (TPSA) is 154 Å². The molecule has 4 heterocycles. The zero-order valence-electron chi connectivity index (χ0n) is 30.5. The molecule has 15 heteroatoms. The van der Waals surface area contributed by atoms with Crippen molar-refractivity contribution >= 4 is 17.8 Å². The first-order valence-corrected chi connectivity index (χ1v) is 17.0. The van der Waals surface area contributed by atoms with Crippen LogP contribution in [0.1, 0.15) is 36.1 Å². The number of carbonyl (C=O) groups excluding carboxylic acids is 3. The van der Waals surface area contributed by atoms with E-state index in [1.807, 2.05) is 50.2 Å². The number of piperidine rings is 2. The molecule has 276 valence electrons. The average Bonchev–Trinajstić information content (AvgIpc) is 3.80. The Kier molecular flexibility index (Phi) is 10.3. The predicted octanol–water partition coefficient (Wildman–Crippen LogP) is 3.54. The van der Waals surface area contributed by atoms with Crippen LogP contribution in [0.3, 0.4) is 0 Å². The smallest absolute Gasteiger partial charge is 0.317 e. The first-order chi connectivity index (χ1) is 24.9. The number of ketones is 1. The summed E-state index contributed by atoms with van der Waals surface area (Å²) in [7, 11) is 6.41. The van der Waals surface area contributed by atoms with Crippen LogP contribution >= 0.6 is 0 Å².